The molecule has 4 N–H and O–H groups in total. The predicted octanol–water partition coefficient (Wildman–Crippen LogP) is -27.2. The van der Waals surface area contributed by atoms with Gasteiger partial charge in [-0.3, -0.25) is 4.57 Å². The Labute approximate surface area is 397 Å². The van der Waals surface area contributed by atoms with Crippen molar-refractivity contribution in [3.05, 3.63) is 0 Å². The van der Waals surface area contributed by atoms with Gasteiger partial charge >= 0.3 is 207 Å². The van der Waals surface area contributed by atoms with Crippen molar-refractivity contribution in [3.63, 3.8) is 0 Å². The molecule has 7 atom stereocenters. The third-order valence-corrected chi connectivity index (χ3v) is 6.85. The Hall–Kier alpha value is 7.32. The maximum Gasteiger partial charge on any atom is 1.00 e. The van der Waals surface area contributed by atoms with Crippen LogP contribution in [-0.2, 0) is 40.9 Å². The van der Waals surface area contributed by atoms with E-state index in [0.717, 1.165) is 0 Å². The zero-order valence-corrected chi connectivity index (χ0v) is 42.1. The van der Waals surface area contributed by atoms with E-state index in [1.807, 2.05) is 0 Å². The van der Waals surface area contributed by atoms with Crippen LogP contribution in [0.4, 0.5) is 0 Å². The first kappa shape index (κ1) is 64.3. The Bertz CT molecular complexity index is 844. The Morgan fingerprint density at radius 3 is 1.19 bits per heavy atom. The molecule has 1 aliphatic rings. The number of aliphatic hydroxyl groups is 2. The van der Waals surface area contributed by atoms with Crippen LogP contribution in [0.25, 0.3) is 0 Å². The average Bonchev–Trinajstić information content (AvgIpc) is 2.65. The van der Waals surface area contributed by atoms with Crippen molar-refractivity contribution in [1.29, 1.82) is 0 Å². The van der Waals surface area contributed by atoms with Gasteiger partial charge in [-0.05, 0) is 19.4 Å². The summed E-state index contributed by atoms with van der Waals surface area (Å²) in [5.74, 6) is 0. The maximum absolute atomic E-state index is 12.1. The summed E-state index contributed by atoms with van der Waals surface area (Å²) in [5.41, 5.74) is 5.30. The number of unbranched alkanes of at least 4 members (excludes halogenated alkanes) is 3. The first-order valence-electron chi connectivity index (χ1n) is 9.58. The number of hydrogen-bond donors (Lipinski definition) is 3. The van der Waals surface area contributed by atoms with E-state index in [1.165, 1.54) is 0 Å². The zero-order valence-electron chi connectivity index (χ0n) is 24.5. The molecule has 1 rings (SSSR count). The van der Waals surface area contributed by atoms with E-state index in [4.69, 9.17) is 5.73 Å². The second-order valence-corrected chi connectivity index (χ2v) is 11.8. The van der Waals surface area contributed by atoms with Gasteiger partial charge in [0.05, 0.1) is 30.1 Å². The molecule has 1 aliphatic carbocycles. The monoisotopic (exact) mass is 753 g/mol. The second-order valence-electron chi connectivity index (χ2n) is 7.09. The van der Waals surface area contributed by atoms with Crippen molar-refractivity contribution >= 4 is 31.3 Å². The number of nitrogens with two attached hydrogens (primary N) is 1. The van der Waals surface area contributed by atoms with Gasteiger partial charge in [-0.15, -0.1) is 0 Å². The molecule has 30 heteroatoms. The van der Waals surface area contributed by atoms with Gasteiger partial charge in [-0.25, -0.2) is 0 Å². The molecule has 210 valence electrons. The molecule has 42 heavy (non-hydrogen) atoms. The summed E-state index contributed by atoms with van der Waals surface area (Å²) in [6, 6.07) is 0. The summed E-state index contributed by atoms with van der Waals surface area (Å²) >= 11 is 0. The minimum atomic E-state index is -6.24. The molecule has 0 bridgehead atoms. The fourth-order valence-electron chi connectivity index (χ4n) is 3.04. The largest absolute Gasteiger partial charge is 1.00 e. The van der Waals surface area contributed by atoms with Gasteiger partial charge in [0.1, 0.15) is 36.6 Å². The first-order chi connectivity index (χ1) is 15.8. The van der Waals surface area contributed by atoms with E-state index in [-0.39, 0.29) is 213 Å². The van der Waals surface area contributed by atoms with Gasteiger partial charge in [0.25, 0.3) is 7.82 Å². The molecule has 0 radical (unpaired) electrons. The Balaban J connectivity index is -0.000000350. The summed E-state index contributed by atoms with van der Waals surface area (Å²) < 4.78 is 65.8. The van der Waals surface area contributed by atoms with Crippen LogP contribution in [0.3, 0.4) is 0 Å². The quantitative estimate of drug-likeness (QED) is 0.0794. The molecule has 0 aromatic carbocycles. The molecule has 19 nitrogen and oxygen atoms in total. The fraction of sp³-hybridized carbons (Fsp3) is 1.00. The predicted molar refractivity (Wildman–Crippen MR) is 95.4 cm³/mol. The summed E-state index contributed by atoms with van der Waals surface area (Å²) in [7, 11) is -24.2. The van der Waals surface area contributed by atoms with Crippen LogP contribution < -0.4 is 247 Å². The van der Waals surface area contributed by atoms with Crippen molar-refractivity contribution in [2.45, 2.75) is 62.3 Å². The molecule has 1 saturated carbocycles. The van der Waals surface area contributed by atoms with Crippen LogP contribution in [0, 0.1) is 0 Å². The van der Waals surface area contributed by atoms with E-state index < -0.39 is 74.5 Å². The van der Waals surface area contributed by atoms with E-state index >= 15 is 0 Å². The number of phosphoric ester groups is 4. The van der Waals surface area contributed by atoms with Gasteiger partial charge in [-0.1, -0.05) is 12.8 Å². The molecule has 0 saturated heterocycles. The number of phosphoric acid groups is 4. The molecule has 0 aromatic rings. The topological polar surface area (TPSA) is 342 Å². The van der Waals surface area contributed by atoms with Crippen molar-refractivity contribution in [1.82, 2.24) is 0 Å². The molecule has 1 fully saturated rings. The van der Waals surface area contributed by atoms with Crippen LogP contribution in [0.2, 0.25) is 0 Å². The molecule has 0 aromatic heterocycles. The normalized spacial score (nSPS) is 25.2. The first-order valence-corrected chi connectivity index (χ1v) is 15.4. The van der Waals surface area contributed by atoms with E-state index in [2.05, 4.69) is 22.6 Å². The van der Waals surface area contributed by atoms with Gasteiger partial charge in [0.15, 0.2) is 0 Å². The molecule has 0 amide bonds. The van der Waals surface area contributed by atoms with Crippen molar-refractivity contribution in [2.24, 2.45) is 5.73 Å². The van der Waals surface area contributed by atoms with E-state index in [9.17, 15) is 62.7 Å². The number of hydrogen-bond acceptors (Lipinski definition) is 19. The second kappa shape index (κ2) is 29.7. The molecule has 0 spiro atoms. The molecule has 0 heterocycles. The van der Waals surface area contributed by atoms with Gasteiger partial charge < -0.3 is 86.5 Å². The van der Waals surface area contributed by atoms with Gasteiger partial charge in [0.2, 0.25) is 0 Å². The Morgan fingerprint density at radius 2 is 0.857 bits per heavy atom. The van der Waals surface area contributed by atoms with Crippen LogP contribution in [0.1, 0.15) is 25.7 Å². The number of rotatable bonds is 15. The third kappa shape index (κ3) is 27.9. The van der Waals surface area contributed by atoms with E-state index in [1.54, 1.807) is 0 Å². The minimum absolute atomic E-state index is 0. The van der Waals surface area contributed by atoms with Crippen molar-refractivity contribution in [2.75, 3.05) is 13.2 Å². The summed E-state index contributed by atoms with van der Waals surface area (Å²) in [5, 5.41) is 20.6. The number of aliphatic hydroxyl groups excluding tert-OH is 2. The Morgan fingerprint density at radius 1 is 0.524 bits per heavy atom. The maximum atomic E-state index is 12.1. The van der Waals surface area contributed by atoms with Gasteiger partial charge in [0, 0.05) is 0 Å². The van der Waals surface area contributed by atoms with Crippen molar-refractivity contribution in [3.8, 4) is 0 Å². The van der Waals surface area contributed by atoms with Crippen LogP contribution in [-0.4, -0.2) is 60.0 Å². The van der Waals surface area contributed by atoms with Crippen molar-refractivity contribution < 1.29 is 292 Å². The fourth-order valence-corrected chi connectivity index (χ4v) is 5.63. The van der Waals surface area contributed by atoms with Crippen LogP contribution in [0.15, 0.2) is 0 Å². The van der Waals surface area contributed by atoms with Crippen LogP contribution >= 0.6 is 31.3 Å². The molecular formula is C12H22NNa7O18P4. The molecule has 0 aliphatic heterocycles. The van der Waals surface area contributed by atoms with E-state index in [0.29, 0.717) is 25.8 Å². The molecule has 3 unspecified atom stereocenters. The SMILES string of the molecule is NCCCCCCOP(=O)([O-])OC1[C@H](O)[C@H](OP(=O)([O-])[O-])C(OP(=O)([O-])[O-])[C@H](OP(=O)([O-])[O-])[C@H]1O.[Na+].[Na+].[Na+].[Na+].[Na+].[Na+].[Na+]. The zero-order chi connectivity index (χ0) is 27.2. The van der Waals surface area contributed by atoms with Gasteiger partial charge in [-0.2, -0.15) is 0 Å². The Kier molecular flexibility index (Phi) is 45.5. The smallest absolute Gasteiger partial charge is 0.790 e. The van der Waals surface area contributed by atoms with Crippen LogP contribution in [0.5, 0.6) is 0 Å². The average molecular weight is 753 g/mol. The molecular weight excluding hydrogens is 731 g/mol. The summed E-state index contributed by atoms with van der Waals surface area (Å²) in [6.07, 6.45) is -15.1. The standard InChI is InChI=1S/C12H29NO18P4.7Na/c13-5-3-1-2-4-6-27-35(25,26)31-9-7(14)10(28-32(16,17)18)12(30-34(22,23)24)11(8(9)15)29-33(19,20)21;;;;;;;/h7-12,14-15H,1-6,13H2,(H,25,26)(H2,16,17,18)(H2,19,20,21)(H2,22,23,24);;;;;;;/q;7*+1/p-7/t7-,8-,9?,10-,11+,12?;;;;;;;/m0......./s1. The third-order valence-electron chi connectivity index (χ3n) is 4.35. The summed E-state index contributed by atoms with van der Waals surface area (Å²) in [6.45, 7) is -0.0792. The minimum Gasteiger partial charge on any atom is -0.790 e. The summed E-state index contributed by atoms with van der Waals surface area (Å²) in [4.78, 5) is 78.4.